The minimum Gasteiger partial charge on any atom is -0.389 e. The summed E-state index contributed by atoms with van der Waals surface area (Å²) in [5.41, 5.74) is 1.19. The summed E-state index contributed by atoms with van der Waals surface area (Å²) in [6.45, 7) is 6.38. The lowest BCUT2D eigenvalue weighted by atomic mass is 10.2. The summed E-state index contributed by atoms with van der Waals surface area (Å²) in [5, 5.41) is 18.5. The molecule has 0 aliphatic carbocycles. The number of hydrogen-bond acceptors (Lipinski definition) is 7. The van der Waals surface area contributed by atoms with Gasteiger partial charge in [-0.3, -0.25) is 19.3 Å². The summed E-state index contributed by atoms with van der Waals surface area (Å²) < 4.78 is 24.5. The van der Waals surface area contributed by atoms with Crippen molar-refractivity contribution >= 4 is 14.5 Å². The molecule has 3 N–H and O–H groups in total. The molecule has 0 aromatic heterocycles. The predicted octanol–water partition coefficient (Wildman–Crippen LogP) is 1.18. The molecule has 1 aliphatic heterocycles. The van der Waals surface area contributed by atoms with Crippen LogP contribution in [0.5, 0.6) is 0 Å². The highest BCUT2D eigenvalue weighted by atomic mass is 31.2. The second-order valence-electron chi connectivity index (χ2n) is 7.71. The first kappa shape index (κ1) is 23.7. The van der Waals surface area contributed by atoms with E-state index in [1.807, 2.05) is 23.1 Å². The fourth-order valence-electron chi connectivity index (χ4n) is 3.29. The van der Waals surface area contributed by atoms with Crippen LogP contribution in [-0.2, 0) is 15.7 Å². The molecule has 0 bridgehead atoms. The van der Waals surface area contributed by atoms with E-state index in [9.17, 15) is 19.1 Å². The Morgan fingerprint density at radius 3 is 1.82 bits per heavy atom. The normalized spacial score (nSPS) is 22.6. The first-order valence-corrected chi connectivity index (χ1v) is 14.1. The minimum absolute atomic E-state index is 0.0553. The fraction of sp³-hybridized carbons (Fsp3) is 0.667. The molecule has 2 atom stereocenters. The third kappa shape index (κ3) is 8.44. The molecule has 1 aromatic rings. The zero-order valence-corrected chi connectivity index (χ0v) is 18.3. The Balaban J connectivity index is 2.10. The monoisotopic (exact) mass is 433 g/mol. The minimum atomic E-state index is -3.59. The molecule has 28 heavy (non-hydrogen) atoms. The Kier molecular flexibility index (Phi) is 9.32. The Morgan fingerprint density at radius 1 is 0.821 bits per heavy atom. The van der Waals surface area contributed by atoms with Crippen LogP contribution in [0.2, 0.25) is 0 Å². The van der Waals surface area contributed by atoms with Crippen molar-refractivity contribution in [3.8, 4) is 0 Å². The highest BCUT2D eigenvalue weighted by Gasteiger charge is 2.25. The molecule has 1 aromatic carbocycles. The fourth-order valence-corrected chi connectivity index (χ4v) is 5.51. The third-order valence-corrected chi connectivity index (χ3v) is 7.77. The molecule has 160 valence electrons. The molecular formula is C18H33N3O5P2. The van der Waals surface area contributed by atoms with Crippen molar-refractivity contribution < 1.29 is 24.2 Å². The Morgan fingerprint density at radius 2 is 1.32 bits per heavy atom. The van der Waals surface area contributed by atoms with Gasteiger partial charge in [-0.1, -0.05) is 30.3 Å². The molecular weight excluding hydrogens is 400 g/mol. The third-order valence-electron chi connectivity index (χ3n) is 4.89. The van der Waals surface area contributed by atoms with Crippen LogP contribution in [0.25, 0.3) is 0 Å². The van der Waals surface area contributed by atoms with Crippen molar-refractivity contribution in [2.45, 2.75) is 6.54 Å². The molecule has 0 saturated carbocycles. The molecule has 8 nitrogen and oxygen atoms in total. The lowest BCUT2D eigenvalue weighted by Crippen LogP contribution is -2.37. The molecule has 1 saturated heterocycles. The van der Waals surface area contributed by atoms with Crippen LogP contribution in [-0.4, -0.2) is 101 Å². The van der Waals surface area contributed by atoms with Gasteiger partial charge in [-0.05, 0) is 12.2 Å². The van der Waals surface area contributed by atoms with E-state index in [2.05, 4.69) is 21.9 Å². The highest BCUT2D eigenvalue weighted by Crippen LogP contribution is 2.41. The van der Waals surface area contributed by atoms with Gasteiger partial charge in [0.15, 0.2) is 0 Å². The summed E-state index contributed by atoms with van der Waals surface area (Å²) in [6, 6.07) is 10.1. The van der Waals surface area contributed by atoms with Crippen molar-refractivity contribution in [2.24, 2.45) is 0 Å². The number of aliphatic hydroxyl groups is 2. The summed E-state index contributed by atoms with van der Waals surface area (Å²) in [6.07, 6.45) is -0.777. The van der Waals surface area contributed by atoms with E-state index in [4.69, 9.17) is 5.11 Å². The van der Waals surface area contributed by atoms with Gasteiger partial charge in [-0.25, -0.2) is 0 Å². The molecule has 1 heterocycles. The molecule has 0 amide bonds. The quantitative estimate of drug-likeness (QED) is 0.525. The van der Waals surface area contributed by atoms with Crippen molar-refractivity contribution in [3.05, 3.63) is 35.9 Å². The number of nitrogens with zero attached hydrogens (tertiary/aromatic N) is 3. The van der Waals surface area contributed by atoms with Crippen LogP contribution in [0.15, 0.2) is 30.3 Å². The Labute approximate surface area is 167 Å². The van der Waals surface area contributed by atoms with Crippen LogP contribution >= 0.6 is 14.5 Å². The summed E-state index contributed by atoms with van der Waals surface area (Å²) in [5.74, 6) is 0. The summed E-state index contributed by atoms with van der Waals surface area (Å²) in [4.78, 5) is 16.1. The number of hydrogen-bond donors (Lipinski definition) is 3. The molecule has 1 fully saturated rings. The van der Waals surface area contributed by atoms with Gasteiger partial charge in [0.05, 0.1) is 18.9 Å². The van der Waals surface area contributed by atoms with E-state index in [0.717, 1.165) is 26.2 Å². The first-order chi connectivity index (χ1) is 13.2. The highest BCUT2D eigenvalue weighted by molar-refractivity contribution is 7.62. The van der Waals surface area contributed by atoms with Gasteiger partial charge in [0.25, 0.3) is 0 Å². The molecule has 2 unspecified atom stereocenters. The van der Waals surface area contributed by atoms with Crippen molar-refractivity contribution in [3.63, 3.8) is 0 Å². The van der Waals surface area contributed by atoms with Gasteiger partial charge in [0, 0.05) is 45.8 Å². The van der Waals surface area contributed by atoms with Gasteiger partial charge in [-0.15, -0.1) is 0 Å². The van der Waals surface area contributed by atoms with Gasteiger partial charge in [0.2, 0.25) is 7.37 Å². The zero-order valence-electron chi connectivity index (χ0n) is 16.6. The topological polar surface area (TPSA) is 105 Å². The van der Waals surface area contributed by atoms with Crippen LogP contribution < -0.4 is 0 Å². The van der Waals surface area contributed by atoms with Crippen LogP contribution in [0.3, 0.4) is 0 Å². The standard InChI is InChI=1S/C18H33N3O5P2/c1-27(24,16-22)14-20-9-7-19(13-18-5-3-2-4-6-18)8-10-21(12-11-20)15-28(25,26)17-23/h2-6,22-23H,7-17H2,1H3,(H,25,26). The Bertz CT molecular complexity index is 653. The maximum Gasteiger partial charge on any atom is 0.238 e. The van der Waals surface area contributed by atoms with E-state index >= 15 is 0 Å². The van der Waals surface area contributed by atoms with Gasteiger partial charge < -0.3 is 19.7 Å². The SMILES string of the molecule is CP(=O)(CO)CN1CCN(Cc2ccccc2)CCN(CP(=O)(O)CO)CC1. The second kappa shape index (κ2) is 11.0. The predicted molar refractivity (Wildman–Crippen MR) is 112 cm³/mol. The van der Waals surface area contributed by atoms with Gasteiger partial charge >= 0.3 is 0 Å². The van der Waals surface area contributed by atoms with Crippen LogP contribution in [0.1, 0.15) is 5.56 Å². The van der Waals surface area contributed by atoms with Crippen molar-refractivity contribution in [2.75, 3.05) is 71.2 Å². The molecule has 1 aliphatic rings. The average Bonchev–Trinajstić information content (AvgIpc) is 2.75. The van der Waals surface area contributed by atoms with E-state index in [0.29, 0.717) is 25.9 Å². The van der Waals surface area contributed by atoms with E-state index in [1.165, 1.54) is 5.56 Å². The Hall–Kier alpha value is -0.560. The maximum atomic E-state index is 12.4. The van der Waals surface area contributed by atoms with Gasteiger partial charge in [0.1, 0.15) is 13.5 Å². The number of rotatable bonds is 8. The lowest BCUT2D eigenvalue weighted by Gasteiger charge is -2.28. The zero-order chi connectivity index (χ0) is 20.6. The van der Waals surface area contributed by atoms with E-state index < -0.39 is 20.9 Å². The second-order valence-corrected chi connectivity index (χ2v) is 13.1. The average molecular weight is 433 g/mol. The number of benzene rings is 1. The molecule has 10 heteroatoms. The lowest BCUT2D eigenvalue weighted by molar-refractivity contribution is 0.220. The smallest absolute Gasteiger partial charge is 0.238 e. The van der Waals surface area contributed by atoms with Crippen LogP contribution in [0, 0.1) is 0 Å². The summed E-state index contributed by atoms with van der Waals surface area (Å²) >= 11 is 0. The number of aliphatic hydroxyl groups excluding tert-OH is 2. The van der Waals surface area contributed by atoms with Crippen molar-refractivity contribution in [1.82, 2.24) is 14.7 Å². The molecule has 2 rings (SSSR count). The largest absolute Gasteiger partial charge is 0.389 e. The van der Waals surface area contributed by atoms with E-state index in [-0.39, 0.29) is 12.6 Å². The van der Waals surface area contributed by atoms with Crippen LogP contribution in [0.4, 0.5) is 0 Å². The van der Waals surface area contributed by atoms with Crippen molar-refractivity contribution in [1.29, 1.82) is 0 Å². The summed E-state index contributed by atoms with van der Waals surface area (Å²) in [7, 11) is -6.23. The van der Waals surface area contributed by atoms with E-state index in [1.54, 1.807) is 6.66 Å². The molecule has 0 radical (unpaired) electrons. The molecule has 0 spiro atoms. The first-order valence-electron chi connectivity index (χ1n) is 9.52. The maximum absolute atomic E-state index is 12.4. The van der Waals surface area contributed by atoms with Gasteiger partial charge in [-0.2, -0.15) is 0 Å².